The van der Waals surface area contributed by atoms with Crippen molar-refractivity contribution in [1.29, 1.82) is 0 Å². The van der Waals surface area contributed by atoms with Crippen molar-refractivity contribution in [3.05, 3.63) is 57.4 Å². The number of thiophene rings is 1. The number of carbonyl (C=O) groups is 2. The maximum atomic E-state index is 13.0. The number of hydroxylamine groups is 3. The standard InChI is InChI=1S/C27H34N4O4S2/c1-27(2,3)23-17-21(24(37-23)25(32)28-4)30-26(33)29-20-9-10-22(19-8-6-5-7-18(19)20)35-14-11-31(34)12-15-36-16-13-31/h5-10,17H,11-16H2,1-4H3,(H,28,32)(H2,29,30,33). The smallest absolute Gasteiger partial charge is 0.323 e. The monoisotopic (exact) mass is 542 g/mol. The van der Waals surface area contributed by atoms with Crippen LogP contribution in [0.15, 0.2) is 42.5 Å². The van der Waals surface area contributed by atoms with Gasteiger partial charge in [0.05, 0.1) is 24.5 Å². The van der Waals surface area contributed by atoms with E-state index in [0.717, 1.165) is 27.2 Å². The maximum Gasteiger partial charge on any atom is 0.323 e. The molecular formula is C27H34N4O4S2. The Morgan fingerprint density at radius 1 is 1.03 bits per heavy atom. The van der Waals surface area contributed by atoms with Crippen LogP contribution in [0.5, 0.6) is 5.75 Å². The van der Waals surface area contributed by atoms with Crippen LogP contribution in [0.3, 0.4) is 0 Å². The first kappa shape index (κ1) is 27.3. The summed E-state index contributed by atoms with van der Waals surface area (Å²) in [5.74, 6) is 2.22. The first-order chi connectivity index (χ1) is 17.6. The van der Waals surface area contributed by atoms with Crippen LogP contribution in [-0.2, 0) is 5.41 Å². The lowest BCUT2D eigenvalue weighted by Crippen LogP contribution is -2.50. The number of hydrogen-bond acceptors (Lipinski definition) is 6. The summed E-state index contributed by atoms with van der Waals surface area (Å²) in [5.41, 5.74) is 0.937. The summed E-state index contributed by atoms with van der Waals surface area (Å²) in [6.07, 6.45) is 0. The van der Waals surface area contributed by atoms with E-state index in [1.807, 2.05) is 48.2 Å². The van der Waals surface area contributed by atoms with E-state index in [0.29, 0.717) is 48.2 Å². The Morgan fingerprint density at radius 2 is 1.70 bits per heavy atom. The number of anilines is 2. The summed E-state index contributed by atoms with van der Waals surface area (Å²) in [5, 5.41) is 22.9. The first-order valence-corrected chi connectivity index (χ1v) is 14.3. The molecule has 198 valence electrons. The molecule has 10 heteroatoms. The van der Waals surface area contributed by atoms with Crippen molar-refractivity contribution in [2.45, 2.75) is 26.2 Å². The summed E-state index contributed by atoms with van der Waals surface area (Å²) >= 11 is 3.20. The van der Waals surface area contributed by atoms with Gasteiger partial charge in [-0.05, 0) is 23.6 Å². The van der Waals surface area contributed by atoms with Crippen LogP contribution >= 0.6 is 23.1 Å². The minimum absolute atomic E-state index is 0.156. The second-order valence-electron chi connectivity index (χ2n) is 10.1. The van der Waals surface area contributed by atoms with Gasteiger partial charge in [-0.2, -0.15) is 11.8 Å². The summed E-state index contributed by atoms with van der Waals surface area (Å²) < 4.78 is 5.83. The van der Waals surface area contributed by atoms with E-state index < -0.39 is 6.03 Å². The van der Waals surface area contributed by atoms with E-state index in [1.165, 1.54) is 11.3 Å². The molecule has 1 aliphatic heterocycles. The predicted molar refractivity (Wildman–Crippen MR) is 154 cm³/mol. The van der Waals surface area contributed by atoms with Crippen molar-refractivity contribution in [2.24, 2.45) is 0 Å². The number of hydrogen-bond donors (Lipinski definition) is 3. The van der Waals surface area contributed by atoms with E-state index >= 15 is 0 Å². The number of nitrogens with one attached hydrogen (secondary N) is 3. The van der Waals surface area contributed by atoms with Gasteiger partial charge < -0.3 is 30.5 Å². The van der Waals surface area contributed by atoms with Gasteiger partial charge in [0.1, 0.15) is 23.8 Å². The van der Waals surface area contributed by atoms with Crippen LogP contribution in [0.25, 0.3) is 10.8 Å². The maximum absolute atomic E-state index is 13.0. The van der Waals surface area contributed by atoms with Gasteiger partial charge in [0.25, 0.3) is 5.91 Å². The molecular weight excluding hydrogens is 508 g/mol. The lowest BCUT2D eigenvalue weighted by molar-refractivity contribution is -0.876. The highest BCUT2D eigenvalue weighted by Gasteiger charge is 2.24. The van der Waals surface area contributed by atoms with Gasteiger partial charge in [-0.3, -0.25) is 4.79 Å². The number of urea groups is 1. The summed E-state index contributed by atoms with van der Waals surface area (Å²) in [4.78, 5) is 26.9. The zero-order chi connectivity index (χ0) is 26.6. The van der Waals surface area contributed by atoms with Crippen LogP contribution in [0.2, 0.25) is 0 Å². The van der Waals surface area contributed by atoms with E-state index in [2.05, 4.69) is 36.7 Å². The molecule has 4 rings (SSSR count). The van der Waals surface area contributed by atoms with Crippen molar-refractivity contribution in [2.75, 3.05) is 55.4 Å². The molecule has 1 saturated heterocycles. The van der Waals surface area contributed by atoms with E-state index in [4.69, 9.17) is 4.74 Å². The first-order valence-electron chi connectivity index (χ1n) is 12.3. The molecule has 0 spiro atoms. The Morgan fingerprint density at radius 3 is 2.38 bits per heavy atom. The van der Waals surface area contributed by atoms with Gasteiger partial charge in [0, 0.05) is 34.2 Å². The summed E-state index contributed by atoms with van der Waals surface area (Å²) in [7, 11) is 1.57. The second kappa shape index (κ2) is 11.3. The normalized spacial score (nSPS) is 15.3. The molecule has 1 aromatic heterocycles. The Kier molecular flexibility index (Phi) is 8.33. The minimum atomic E-state index is -0.442. The molecule has 0 atom stereocenters. The summed E-state index contributed by atoms with van der Waals surface area (Å²) in [6, 6.07) is 12.7. The third-order valence-corrected chi connectivity index (χ3v) is 8.83. The second-order valence-corrected chi connectivity index (χ2v) is 12.4. The van der Waals surface area contributed by atoms with Crippen LogP contribution in [0, 0.1) is 5.21 Å². The minimum Gasteiger partial charge on any atom is -0.633 e. The van der Waals surface area contributed by atoms with Gasteiger partial charge in [0.15, 0.2) is 0 Å². The van der Waals surface area contributed by atoms with Gasteiger partial charge in [-0.1, -0.05) is 45.0 Å². The molecule has 2 aromatic carbocycles. The number of thioether (sulfide) groups is 1. The molecule has 1 fully saturated rings. The van der Waals surface area contributed by atoms with Gasteiger partial charge in [-0.25, -0.2) is 4.79 Å². The molecule has 3 amide bonds. The lowest BCUT2D eigenvalue weighted by Gasteiger charge is -2.44. The third kappa shape index (κ3) is 6.56. The molecule has 0 aliphatic carbocycles. The zero-order valence-corrected chi connectivity index (χ0v) is 23.3. The largest absolute Gasteiger partial charge is 0.633 e. The fourth-order valence-corrected chi connectivity index (χ4v) is 6.38. The molecule has 3 aromatic rings. The molecule has 3 N–H and O–H groups in total. The molecule has 1 aliphatic rings. The summed E-state index contributed by atoms with van der Waals surface area (Å²) in [6.45, 7) is 8.19. The van der Waals surface area contributed by atoms with E-state index in [-0.39, 0.29) is 16.0 Å². The van der Waals surface area contributed by atoms with Crippen LogP contribution < -0.4 is 20.7 Å². The molecule has 2 heterocycles. The van der Waals surface area contributed by atoms with E-state index in [9.17, 15) is 14.8 Å². The van der Waals surface area contributed by atoms with Crippen LogP contribution in [0.4, 0.5) is 16.2 Å². The fraction of sp³-hybridized carbons (Fsp3) is 0.407. The van der Waals surface area contributed by atoms with Gasteiger partial charge in [-0.15, -0.1) is 11.3 Å². The number of quaternary nitrogens is 1. The van der Waals surface area contributed by atoms with Gasteiger partial charge >= 0.3 is 6.03 Å². The van der Waals surface area contributed by atoms with Crippen molar-refractivity contribution in [3.63, 3.8) is 0 Å². The molecule has 37 heavy (non-hydrogen) atoms. The topological polar surface area (TPSA) is 103 Å². The number of benzene rings is 2. The molecule has 8 nitrogen and oxygen atoms in total. The van der Waals surface area contributed by atoms with Crippen LogP contribution in [-0.4, -0.2) is 61.4 Å². The highest BCUT2D eigenvalue weighted by atomic mass is 32.2. The Balaban J connectivity index is 1.49. The Hall–Kier alpha value is -2.79. The predicted octanol–water partition coefficient (Wildman–Crippen LogP) is 5.64. The Labute approximate surface area is 225 Å². The average Bonchev–Trinajstić information content (AvgIpc) is 3.29. The molecule has 0 saturated carbocycles. The fourth-order valence-electron chi connectivity index (χ4n) is 4.14. The number of nitrogens with zero attached hydrogens (tertiary/aromatic N) is 1. The quantitative estimate of drug-likeness (QED) is 0.265. The van der Waals surface area contributed by atoms with Crippen molar-refractivity contribution in [3.8, 4) is 5.75 Å². The molecule has 0 bridgehead atoms. The number of amides is 3. The highest BCUT2D eigenvalue weighted by molar-refractivity contribution is 7.99. The lowest BCUT2D eigenvalue weighted by atomic mass is 9.94. The zero-order valence-electron chi connectivity index (χ0n) is 21.7. The van der Waals surface area contributed by atoms with Gasteiger partial charge in [0.2, 0.25) is 0 Å². The molecule has 0 unspecified atom stereocenters. The highest BCUT2D eigenvalue weighted by Crippen LogP contribution is 2.36. The number of ether oxygens (including phenoxy) is 1. The van der Waals surface area contributed by atoms with Crippen molar-refractivity contribution >= 4 is 57.2 Å². The molecule has 0 radical (unpaired) electrons. The van der Waals surface area contributed by atoms with Crippen molar-refractivity contribution in [1.82, 2.24) is 5.32 Å². The van der Waals surface area contributed by atoms with E-state index in [1.54, 1.807) is 13.1 Å². The third-order valence-electron chi connectivity index (χ3n) is 6.33. The number of carbonyl (C=O) groups excluding carboxylic acids is 2. The van der Waals surface area contributed by atoms with Crippen molar-refractivity contribution < 1.29 is 19.0 Å². The average molecular weight is 543 g/mol. The van der Waals surface area contributed by atoms with Crippen LogP contribution in [0.1, 0.15) is 35.3 Å². The SMILES string of the molecule is CNC(=O)c1sc(C(C)(C)C)cc1NC(=O)Nc1ccc(OCC[N+]2([O-])CCSCC2)c2ccccc12. The number of rotatable bonds is 7. The number of fused-ring (bicyclic) bond motifs is 1. The Bertz CT molecular complexity index is 1280.